The maximum Gasteiger partial charge on any atom is 0.270 e. The lowest BCUT2D eigenvalue weighted by atomic mass is 10.1. The van der Waals surface area contributed by atoms with Crippen LogP contribution in [0.1, 0.15) is 39.5 Å². The molecule has 2 amide bonds. The summed E-state index contributed by atoms with van der Waals surface area (Å²) in [6, 6.07) is 21.6. The van der Waals surface area contributed by atoms with Crippen molar-refractivity contribution in [3.8, 4) is 0 Å². The second-order valence-corrected chi connectivity index (χ2v) is 10.5. The Morgan fingerprint density at radius 3 is 2.54 bits per heavy atom. The number of thiophene rings is 1. The van der Waals surface area contributed by atoms with Gasteiger partial charge >= 0.3 is 0 Å². The molecule has 180 valence electrons. The Labute approximate surface area is 214 Å². The number of hydrogen-bond donors (Lipinski definition) is 0. The number of amides is 2. The number of carbonyl (C=O) groups is 2. The van der Waals surface area contributed by atoms with E-state index in [2.05, 4.69) is 35.1 Å². The van der Waals surface area contributed by atoms with Gasteiger partial charge < -0.3 is 14.4 Å². The molecule has 5 nitrogen and oxygen atoms in total. The topological polar surface area (TPSA) is 45.6 Å². The third-order valence-electron chi connectivity index (χ3n) is 6.82. The normalized spacial score (nSPS) is 17.1. The molecule has 1 aliphatic heterocycles. The van der Waals surface area contributed by atoms with Crippen LogP contribution in [-0.4, -0.2) is 51.9 Å². The number of aryl methyl sites for hydroxylation is 1. The van der Waals surface area contributed by atoms with Gasteiger partial charge in [-0.1, -0.05) is 54.6 Å². The van der Waals surface area contributed by atoms with E-state index in [9.17, 15) is 9.59 Å². The molecule has 1 aliphatic rings. The van der Waals surface area contributed by atoms with E-state index < -0.39 is 5.38 Å². The predicted octanol–water partition coefficient (Wildman–Crippen LogP) is 5.71. The molecule has 0 spiro atoms. The number of carbonyl (C=O) groups excluding carboxylic acids is 2. The molecule has 35 heavy (non-hydrogen) atoms. The number of benzene rings is 2. The molecule has 3 heterocycles. The summed E-state index contributed by atoms with van der Waals surface area (Å²) in [5.41, 5.74) is 3.89. The van der Waals surface area contributed by atoms with Gasteiger partial charge in [-0.3, -0.25) is 9.59 Å². The fourth-order valence-corrected chi connectivity index (χ4v) is 5.98. The molecule has 0 unspecified atom stereocenters. The van der Waals surface area contributed by atoms with Crippen LogP contribution in [0.2, 0.25) is 0 Å². The van der Waals surface area contributed by atoms with Crippen LogP contribution >= 0.6 is 22.9 Å². The molecular weight excluding hydrogens is 478 g/mol. The van der Waals surface area contributed by atoms with Crippen LogP contribution in [0.3, 0.4) is 0 Å². The Morgan fingerprint density at radius 2 is 1.80 bits per heavy atom. The van der Waals surface area contributed by atoms with E-state index >= 15 is 0 Å². The van der Waals surface area contributed by atoms with E-state index in [-0.39, 0.29) is 17.9 Å². The number of fused-ring (bicyclic) bond motifs is 1. The molecule has 0 saturated carbocycles. The molecular formula is C28H28ClN3O2S. The minimum Gasteiger partial charge on any atom is -0.335 e. The molecule has 2 aromatic heterocycles. The van der Waals surface area contributed by atoms with Gasteiger partial charge in [0.1, 0.15) is 15.9 Å². The summed E-state index contributed by atoms with van der Waals surface area (Å²) >= 11 is 8.17. The van der Waals surface area contributed by atoms with Gasteiger partial charge in [-0.15, -0.1) is 22.9 Å². The van der Waals surface area contributed by atoms with Crippen LogP contribution in [-0.2, 0) is 11.3 Å². The average Bonchev–Trinajstić information content (AvgIpc) is 3.47. The first-order valence-electron chi connectivity index (χ1n) is 11.8. The molecule has 1 saturated heterocycles. The van der Waals surface area contributed by atoms with Gasteiger partial charge in [0.2, 0.25) is 5.91 Å². The molecule has 0 aliphatic carbocycles. The zero-order valence-electron chi connectivity index (χ0n) is 19.9. The SMILES string of the molecule is Cc1ccccc1Cn1c(C(=O)N2CCN(C(=O)[C@H](Cl)c3ccccc3)[C@H](C)C2)cc2ccsc21. The lowest BCUT2D eigenvalue weighted by Crippen LogP contribution is -2.56. The number of rotatable bonds is 5. The zero-order valence-corrected chi connectivity index (χ0v) is 21.4. The lowest BCUT2D eigenvalue weighted by Gasteiger charge is -2.40. The number of alkyl halides is 1. The van der Waals surface area contributed by atoms with Crippen LogP contribution in [0, 0.1) is 6.92 Å². The van der Waals surface area contributed by atoms with Gasteiger partial charge in [-0.05, 0) is 48.1 Å². The Bertz CT molecular complexity index is 1360. The van der Waals surface area contributed by atoms with Crippen molar-refractivity contribution in [3.63, 3.8) is 0 Å². The summed E-state index contributed by atoms with van der Waals surface area (Å²) in [5.74, 6) is -0.104. The monoisotopic (exact) mass is 505 g/mol. The average molecular weight is 506 g/mol. The van der Waals surface area contributed by atoms with Crippen LogP contribution in [0.15, 0.2) is 72.1 Å². The Kier molecular flexibility index (Phi) is 6.67. The molecule has 5 rings (SSSR count). The van der Waals surface area contributed by atoms with E-state index in [0.717, 1.165) is 15.8 Å². The maximum absolute atomic E-state index is 13.7. The summed E-state index contributed by atoms with van der Waals surface area (Å²) in [4.78, 5) is 31.6. The van der Waals surface area contributed by atoms with Crippen molar-refractivity contribution in [2.24, 2.45) is 0 Å². The molecule has 4 aromatic rings. The summed E-state index contributed by atoms with van der Waals surface area (Å²) < 4.78 is 2.14. The smallest absolute Gasteiger partial charge is 0.270 e. The van der Waals surface area contributed by atoms with Crippen LogP contribution in [0.25, 0.3) is 10.2 Å². The predicted molar refractivity (Wildman–Crippen MR) is 142 cm³/mol. The number of aromatic nitrogens is 1. The van der Waals surface area contributed by atoms with Crippen molar-refractivity contribution in [1.29, 1.82) is 0 Å². The quantitative estimate of drug-likeness (QED) is 0.326. The van der Waals surface area contributed by atoms with Crippen LogP contribution < -0.4 is 0 Å². The second-order valence-electron chi connectivity index (χ2n) is 9.13. The molecule has 0 bridgehead atoms. The van der Waals surface area contributed by atoms with Crippen LogP contribution in [0.5, 0.6) is 0 Å². The minimum atomic E-state index is -0.723. The van der Waals surface area contributed by atoms with E-state index in [1.807, 2.05) is 60.4 Å². The van der Waals surface area contributed by atoms with Gasteiger partial charge in [-0.2, -0.15) is 0 Å². The highest BCUT2D eigenvalue weighted by Gasteiger charge is 2.34. The van der Waals surface area contributed by atoms with Gasteiger partial charge in [-0.25, -0.2) is 0 Å². The van der Waals surface area contributed by atoms with E-state index in [1.54, 1.807) is 16.2 Å². The van der Waals surface area contributed by atoms with E-state index in [0.29, 0.717) is 31.9 Å². The standard InChI is InChI=1S/C28H28ClN3O2S/c1-19-8-6-7-11-23(19)18-32-24(16-22-12-15-35-28(22)32)26(33)30-13-14-31(20(2)17-30)27(34)25(29)21-9-4-3-5-10-21/h3-12,15-16,20,25H,13-14,17-18H2,1-2H3/t20-,25-/m1/s1. The zero-order chi connectivity index (χ0) is 24.5. The van der Waals surface area contributed by atoms with Gasteiger partial charge in [0, 0.05) is 37.6 Å². The molecule has 2 atom stereocenters. The number of hydrogen-bond acceptors (Lipinski definition) is 3. The molecule has 2 aromatic carbocycles. The first-order chi connectivity index (χ1) is 16.9. The third-order valence-corrected chi connectivity index (χ3v) is 8.21. The molecule has 7 heteroatoms. The minimum absolute atomic E-state index is 0.00594. The van der Waals surface area contributed by atoms with E-state index in [4.69, 9.17) is 11.6 Å². The summed E-state index contributed by atoms with van der Waals surface area (Å²) in [6.45, 7) is 6.16. The van der Waals surface area contributed by atoms with Crippen molar-refractivity contribution in [2.45, 2.75) is 31.8 Å². The number of nitrogens with zero attached hydrogens (tertiary/aromatic N) is 3. The maximum atomic E-state index is 13.7. The highest BCUT2D eigenvalue weighted by atomic mass is 35.5. The number of halogens is 1. The molecule has 1 fully saturated rings. The Hall–Kier alpha value is -3.09. The number of piperazine rings is 1. The van der Waals surface area contributed by atoms with Crippen molar-refractivity contribution < 1.29 is 9.59 Å². The lowest BCUT2D eigenvalue weighted by molar-refractivity contribution is -0.135. The Balaban J connectivity index is 1.35. The van der Waals surface area contributed by atoms with Gasteiger partial charge in [0.15, 0.2) is 0 Å². The highest BCUT2D eigenvalue weighted by Crippen LogP contribution is 2.29. The van der Waals surface area contributed by atoms with Gasteiger partial charge in [0.05, 0.1) is 0 Å². The fourth-order valence-electron chi connectivity index (χ4n) is 4.81. The van der Waals surface area contributed by atoms with Crippen LogP contribution in [0.4, 0.5) is 0 Å². The van der Waals surface area contributed by atoms with Gasteiger partial charge in [0.25, 0.3) is 5.91 Å². The van der Waals surface area contributed by atoms with Crippen molar-refractivity contribution >= 4 is 45.0 Å². The summed E-state index contributed by atoms with van der Waals surface area (Å²) in [5, 5.41) is 2.43. The summed E-state index contributed by atoms with van der Waals surface area (Å²) in [7, 11) is 0. The Morgan fingerprint density at radius 1 is 1.06 bits per heavy atom. The largest absolute Gasteiger partial charge is 0.335 e. The summed E-state index contributed by atoms with van der Waals surface area (Å²) in [6.07, 6.45) is 0. The highest BCUT2D eigenvalue weighted by molar-refractivity contribution is 7.16. The van der Waals surface area contributed by atoms with Crippen molar-refractivity contribution in [1.82, 2.24) is 14.4 Å². The second kappa shape index (κ2) is 9.88. The first kappa shape index (κ1) is 23.6. The fraction of sp³-hybridized carbons (Fsp3) is 0.286. The van der Waals surface area contributed by atoms with E-state index in [1.165, 1.54) is 11.1 Å². The van der Waals surface area contributed by atoms with Crippen molar-refractivity contribution in [3.05, 3.63) is 94.5 Å². The first-order valence-corrected chi connectivity index (χ1v) is 13.2. The molecule has 0 radical (unpaired) electrons. The third kappa shape index (κ3) is 4.60. The molecule has 0 N–H and O–H groups in total. The van der Waals surface area contributed by atoms with Crippen molar-refractivity contribution in [2.75, 3.05) is 19.6 Å².